The summed E-state index contributed by atoms with van der Waals surface area (Å²) < 4.78 is 0. The summed E-state index contributed by atoms with van der Waals surface area (Å²) in [5, 5.41) is 1.12. The largest absolute Gasteiger partial charge is 0.397 e. The fourth-order valence-corrected chi connectivity index (χ4v) is 1.42. The third kappa shape index (κ3) is 2.98. The molecule has 15 heavy (non-hydrogen) atoms. The maximum absolute atomic E-state index is 5.65. The number of nitrogens with zero attached hydrogens (tertiary/aromatic N) is 1. The molecule has 0 atom stereocenters. The van der Waals surface area contributed by atoms with E-state index in [0.717, 1.165) is 23.0 Å². The van der Waals surface area contributed by atoms with Gasteiger partial charge in [-0.2, -0.15) is 0 Å². The number of fused-ring (bicyclic) bond motifs is 1. The average molecular weight is 245 g/mol. The summed E-state index contributed by atoms with van der Waals surface area (Å²) in [5.41, 5.74) is 8.70. The van der Waals surface area contributed by atoms with Gasteiger partial charge in [0.05, 0.1) is 17.4 Å². The molecule has 0 unspecified atom stereocenters. The smallest absolute Gasteiger partial charge is 0.0703 e. The van der Waals surface area contributed by atoms with Gasteiger partial charge in [-0.1, -0.05) is 13.0 Å². The SMILES string of the molecule is CCc1ccc2ncc(N)cc2c1.Cl.Cl. The van der Waals surface area contributed by atoms with E-state index in [9.17, 15) is 0 Å². The van der Waals surface area contributed by atoms with Gasteiger partial charge in [0.2, 0.25) is 0 Å². The first kappa shape index (κ1) is 14.0. The van der Waals surface area contributed by atoms with Crippen molar-refractivity contribution in [3.63, 3.8) is 0 Å². The summed E-state index contributed by atoms with van der Waals surface area (Å²) in [5.74, 6) is 0. The molecule has 4 heteroatoms. The number of anilines is 1. The Labute approximate surface area is 102 Å². The molecule has 0 spiro atoms. The van der Waals surface area contributed by atoms with Crippen LogP contribution in [0.5, 0.6) is 0 Å². The number of aromatic nitrogens is 1. The van der Waals surface area contributed by atoms with Crippen LogP contribution in [-0.2, 0) is 6.42 Å². The van der Waals surface area contributed by atoms with Crippen molar-refractivity contribution < 1.29 is 0 Å². The summed E-state index contributed by atoms with van der Waals surface area (Å²) in [7, 11) is 0. The van der Waals surface area contributed by atoms with Crippen molar-refractivity contribution in [3.05, 3.63) is 36.0 Å². The van der Waals surface area contributed by atoms with Crippen LogP contribution in [0.1, 0.15) is 12.5 Å². The molecule has 0 radical (unpaired) electrons. The summed E-state index contributed by atoms with van der Waals surface area (Å²) in [4.78, 5) is 4.23. The van der Waals surface area contributed by atoms with E-state index in [4.69, 9.17) is 5.73 Å². The maximum atomic E-state index is 5.65. The topological polar surface area (TPSA) is 38.9 Å². The monoisotopic (exact) mass is 244 g/mol. The van der Waals surface area contributed by atoms with Crippen LogP contribution in [0.3, 0.4) is 0 Å². The van der Waals surface area contributed by atoms with Gasteiger partial charge in [0.15, 0.2) is 0 Å². The lowest BCUT2D eigenvalue weighted by Gasteiger charge is -2.01. The first-order valence-corrected chi connectivity index (χ1v) is 4.44. The zero-order valence-electron chi connectivity index (χ0n) is 8.43. The highest BCUT2D eigenvalue weighted by Crippen LogP contribution is 2.16. The van der Waals surface area contributed by atoms with E-state index in [2.05, 4.69) is 24.0 Å². The number of rotatable bonds is 1. The van der Waals surface area contributed by atoms with Crippen LogP contribution in [0.4, 0.5) is 5.69 Å². The predicted octanol–water partition coefficient (Wildman–Crippen LogP) is 3.22. The van der Waals surface area contributed by atoms with Gasteiger partial charge >= 0.3 is 0 Å². The van der Waals surface area contributed by atoms with Crippen LogP contribution in [0.25, 0.3) is 10.9 Å². The lowest BCUT2D eigenvalue weighted by atomic mass is 10.1. The Morgan fingerprint density at radius 1 is 1.20 bits per heavy atom. The van der Waals surface area contributed by atoms with E-state index in [-0.39, 0.29) is 24.8 Å². The van der Waals surface area contributed by atoms with Crippen LogP contribution in [-0.4, -0.2) is 4.98 Å². The summed E-state index contributed by atoms with van der Waals surface area (Å²) in [6, 6.07) is 8.24. The number of pyridine rings is 1. The lowest BCUT2D eigenvalue weighted by Crippen LogP contribution is -1.88. The van der Waals surface area contributed by atoms with Gasteiger partial charge in [0.25, 0.3) is 0 Å². The highest BCUT2D eigenvalue weighted by molar-refractivity contribution is 5.85. The molecule has 1 aromatic heterocycles. The predicted molar refractivity (Wildman–Crippen MR) is 70.0 cm³/mol. The fraction of sp³-hybridized carbons (Fsp3) is 0.182. The number of hydrogen-bond acceptors (Lipinski definition) is 2. The Balaban J connectivity index is 0.000000980. The van der Waals surface area contributed by atoms with E-state index in [1.165, 1.54) is 5.56 Å². The Kier molecular flexibility index (Phi) is 5.40. The maximum Gasteiger partial charge on any atom is 0.0703 e. The molecule has 0 bridgehead atoms. The van der Waals surface area contributed by atoms with Crippen molar-refractivity contribution in [3.8, 4) is 0 Å². The summed E-state index contributed by atoms with van der Waals surface area (Å²) >= 11 is 0. The van der Waals surface area contributed by atoms with Gasteiger partial charge in [0, 0.05) is 5.39 Å². The Hall–Kier alpha value is -0.990. The van der Waals surface area contributed by atoms with Gasteiger partial charge in [-0.3, -0.25) is 4.98 Å². The molecule has 1 heterocycles. The van der Waals surface area contributed by atoms with Gasteiger partial charge in [-0.25, -0.2) is 0 Å². The van der Waals surface area contributed by atoms with Gasteiger partial charge < -0.3 is 5.73 Å². The molecule has 0 aliphatic rings. The standard InChI is InChI=1S/C11H12N2.2ClH/c1-2-8-3-4-11-9(5-8)6-10(12)7-13-11;;/h3-7H,2,12H2,1H3;2*1H. The van der Waals surface area contributed by atoms with Crippen LogP contribution < -0.4 is 5.73 Å². The number of aryl methyl sites for hydroxylation is 1. The molecule has 0 saturated heterocycles. The molecule has 0 aliphatic carbocycles. The minimum atomic E-state index is 0. The zero-order valence-corrected chi connectivity index (χ0v) is 10.1. The van der Waals surface area contributed by atoms with Crippen molar-refractivity contribution in [2.75, 3.05) is 5.73 Å². The molecule has 2 nitrogen and oxygen atoms in total. The third-order valence-corrected chi connectivity index (χ3v) is 2.18. The molecule has 2 rings (SSSR count). The minimum Gasteiger partial charge on any atom is -0.397 e. The number of halogens is 2. The van der Waals surface area contributed by atoms with E-state index < -0.39 is 0 Å². The van der Waals surface area contributed by atoms with Crippen molar-refractivity contribution >= 4 is 41.4 Å². The fourth-order valence-electron chi connectivity index (χ4n) is 1.42. The van der Waals surface area contributed by atoms with Crippen molar-refractivity contribution in [2.45, 2.75) is 13.3 Å². The van der Waals surface area contributed by atoms with Crippen LogP contribution in [0.2, 0.25) is 0 Å². The normalized spacial score (nSPS) is 9.13. The Bertz CT molecular complexity index is 444. The van der Waals surface area contributed by atoms with Gasteiger partial charge in [-0.15, -0.1) is 24.8 Å². The molecule has 0 fully saturated rings. The number of nitrogen functional groups attached to an aromatic ring is 1. The first-order valence-electron chi connectivity index (χ1n) is 4.44. The van der Waals surface area contributed by atoms with Crippen LogP contribution >= 0.6 is 24.8 Å². The van der Waals surface area contributed by atoms with Crippen molar-refractivity contribution in [1.29, 1.82) is 0 Å². The zero-order chi connectivity index (χ0) is 9.26. The molecule has 2 aromatic rings. The highest BCUT2D eigenvalue weighted by Gasteiger charge is 1.96. The second-order valence-electron chi connectivity index (χ2n) is 3.15. The Morgan fingerprint density at radius 3 is 2.60 bits per heavy atom. The molecular formula is C11H14Cl2N2. The number of benzene rings is 1. The molecule has 82 valence electrons. The van der Waals surface area contributed by atoms with Gasteiger partial charge in [0.1, 0.15) is 0 Å². The van der Waals surface area contributed by atoms with E-state index in [1.54, 1.807) is 6.20 Å². The summed E-state index contributed by atoms with van der Waals surface area (Å²) in [6.07, 6.45) is 2.73. The molecular weight excluding hydrogens is 231 g/mol. The summed E-state index contributed by atoms with van der Waals surface area (Å²) in [6.45, 7) is 2.14. The lowest BCUT2D eigenvalue weighted by molar-refractivity contribution is 1.14. The molecule has 0 aliphatic heterocycles. The molecule has 2 N–H and O–H groups in total. The van der Waals surface area contributed by atoms with E-state index in [1.807, 2.05) is 12.1 Å². The number of nitrogens with two attached hydrogens (primary N) is 1. The number of hydrogen-bond donors (Lipinski definition) is 1. The molecule has 0 amide bonds. The van der Waals surface area contributed by atoms with E-state index >= 15 is 0 Å². The Morgan fingerprint density at radius 2 is 1.93 bits per heavy atom. The highest BCUT2D eigenvalue weighted by atomic mass is 35.5. The second-order valence-corrected chi connectivity index (χ2v) is 3.15. The van der Waals surface area contributed by atoms with Crippen LogP contribution in [0.15, 0.2) is 30.5 Å². The third-order valence-electron chi connectivity index (χ3n) is 2.18. The van der Waals surface area contributed by atoms with Crippen molar-refractivity contribution in [1.82, 2.24) is 4.98 Å². The second kappa shape index (κ2) is 5.79. The van der Waals surface area contributed by atoms with E-state index in [0.29, 0.717) is 0 Å². The first-order chi connectivity index (χ1) is 6.29. The molecule has 1 aromatic carbocycles. The van der Waals surface area contributed by atoms with Crippen LogP contribution in [0, 0.1) is 0 Å². The van der Waals surface area contributed by atoms with Crippen molar-refractivity contribution in [2.24, 2.45) is 0 Å². The molecule has 0 saturated carbocycles. The average Bonchev–Trinajstić information content (AvgIpc) is 2.16. The van der Waals surface area contributed by atoms with Gasteiger partial charge in [-0.05, 0) is 30.2 Å². The minimum absolute atomic E-state index is 0. The quantitative estimate of drug-likeness (QED) is 0.837.